The molecule has 0 aliphatic heterocycles. The van der Waals surface area contributed by atoms with E-state index in [9.17, 15) is 9.90 Å². The molecule has 0 aliphatic carbocycles. The molecule has 4 nitrogen and oxygen atoms in total. The number of nitrogens with one attached hydrogen (secondary N) is 1. The zero-order chi connectivity index (χ0) is 15.4. The van der Waals surface area contributed by atoms with Crippen LogP contribution >= 0.6 is 0 Å². The van der Waals surface area contributed by atoms with E-state index < -0.39 is 23.3 Å². The van der Waals surface area contributed by atoms with Crippen LogP contribution in [0.1, 0.15) is 40.2 Å². The van der Waals surface area contributed by atoms with Gasteiger partial charge in [-0.2, -0.15) is 0 Å². The van der Waals surface area contributed by atoms with Gasteiger partial charge in [0.25, 0.3) is 0 Å². The summed E-state index contributed by atoms with van der Waals surface area (Å²) >= 11 is 0. The number of ether oxygens (including phenoxy) is 1. The first-order valence-corrected chi connectivity index (χ1v) is 6.84. The Kier molecular flexibility index (Phi) is 5.17. The fraction of sp³-hybridized carbons (Fsp3) is 0.562. The van der Waals surface area contributed by atoms with E-state index in [2.05, 4.69) is 5.32 Å². The van der Waals surface area contributed by atoms with Crippen molar-refractivity contribution in [2.75, 3.05) is 0 Å². The van der Waals surface area contributed by atoms with Gasteiger partial charge in [0.1, 0.15) is 5.60 Å². The maximum atomic E-state index is 11.9. The summed E-state index contributed by atoms with van der Waals surface area (Å²) in [6.45, 7) is 8.78. The van der Waals surface area contributed by atoms with Crippen molar-refractivity contribution in [3.05, 3.63) is 35.9 Å². The Morgan fingerprint density at radius 3 is 2.20 bits per heavy atom. The van der Waals surface area contributed by atoms with Crippen LogP contribution in [-0.4, -0.2) is 28.4 Å². The van der Waals surface area contributed by atoms with Crippen LogP contribution in [0.5, 0.6) is 0 Å². The lowest BCUT2D eigenvalue weighted by atomic mass is 9.92. The SMILES string of the molecule is CC(C)(C)OC(=O)N[C@@H](Cc1ccccc1)C(C)(C)O. The third-order valence-electron chi connectivity index (χ3n) is 2.83. The van der Waals surface area contributed by atoms with Gasteiger partial charge in [-0.25, -0.2) is 4.79 Å². The minimum absolute atomic E-state index is 0.417. The molecule has 4 heteroatoms. The lowest BCUT2D eigenvalue weighted by Crippen LogP contribution is -2.51. The van der Waals surface area contributed by atoms with Crippen LogP contribution < -0.4 is 5.32 Å². The van der Waals surface area contributed by atoms with Crippen LogP contribution in [-0.2, 0) is 11.2 Å². The summed E-state index contributed by atoms with van der Waals surface area (Å²) in [5.74, 6) is 0. The van der Waals surface area contributed by atoms with E-state index in [-0.39, 0.29) is 0 Å². The zero-order valence-electron chi connectivity index (χ0n) is 12.9. The van der Waals surface area contributed by atoms with Gasteiger partial charge < -0.3 is 15.2 Å². The van der Waals surface area contributed by atoms with Gasteiger partial charge in [0.15, 0.2) is 0 Å². The average Bonchev–Trinajstić information content (AvgIpc) is 2.25. The Labute approximate surface area is 121 Å². The number of alkyl carbamates (subject to hydrolysis) is 1. The van der Waals surface area contributed by atoms with Gasteiger partial charge >= 0.3 is 6.09 Å². The van der Waals surface area contributed by atoms with E-state index in [1.54, 1.807) is 13.8 Å². The summed E-state index contributed by atoms with van der Waals surface area (Å²) in [5.41, 5.74) is -0.538. The molecule has 1 rings (SSSR count). The van der Waals surface area contributed by atoms with Crippen molar-refractivity contribution < 1.29 is 14.6 Å². The molecule has 0 saturated heterocycles. The molecule has 0 unspecified atom stereocenters. The Bertz CT molecular complexity index is 429. The summed E-state index contributed by atoms with van der Waals surface area (Å²) in [6.07, 6.45) is 0.0318. The van der Waals surface area contributed by atoms with Crippen LogP contribution in [0.2, 0.25) is 0 Å². The molecule has 0 heterocycles. The summed E-state index contributed by atoms with van der Waals surface area (Å²) in [5, 5.41) is 13.0. The van der Waals surface area contributed by atoms with Crippen molar-refractivity contribution in [3.8, 4) is 0 Å². The van der Waals surface area contributed by atoms with Gasteiger partial charge in [-0.3, -0.25) is 0 Å². The molecule has 0 bridgehead atoms. The smallest absolute Gasteiger partial charge is 0.407 e. The lowest BCUT2D eigenvalue weighted by molar-refractivity contribution is 0.0170. The lowest BCUT2D eigenvalue weighted by Gasteiger charge is -2.31. The topological polar surface area (TPSA) is 58.6 Å². The van der Waals surface area contributed by atoms with Crippen molar-refractivity contribution in [2.24, 2.45) is 0 Å². The number of amides is 1. The maximum absolute atomic E-state index is 11.9. The summed E-state index contributed by atoms with van der Waals surface area (Å²) in [6, 6.07) is 9.32. The minimum Gasteiger partial charge on any atom is -0.444 e. The third-order valence-corrected chi connectivity index (χ3v) is 2.83. The highest BCUT2D eigenvalue weighted by Gasteiger charge is 2.30. The minimum atomic E-state index is -1.03. The maximum Gasteiger partial charge on any atom is 0.407 e. The molecular formula is C16H25NO3. The van der Waals surface area contributed by atoms with Gasteiger partial charge in [0.05, 0.1) is 11.6 Å². The molecule has 1 atom stereocenters. The van der Waals surface area contributed by atoms with Crippen molar-refractivity contribution in [3.63, 3.8) is 0 Å². The molecule has 0 aliphatic rings. The number of carbonyl (C=O) groups is 1. The second kappa shape index (κ2) is 6.27. The van der Waals surface area contributed by atoms with Crippen LogP contribution in [0.15, 0.2) is 30.3 Å². The first-order valence-electron chi connectivity index (χ1n) is 6.84. The molecule has 1 aromatic rings. The predicted octanol–water partition coefficient (Wildman–Crippen LogP) is 2.89. The van der Waals surface area contributed by atoms with Gasteiger partial charge in [-0.05, 0) is 46.6 Å². The van der Waals surface area contributed by atoms with Crippen LogP contribution in [0, 0.1) is 0 Å². The van der Waals surface area contributed by atoms with E-state index in [1.165, 1.54) is 0 Å². The normalized spacial score (nSPS) is 13.7. The summed E-state index contributed by atoms with van der Waals surface area (Å²) in [7, 11) is 0. The van der Waals surface area contributed by atoms with Crippen LogP contribution in [0.3, 0.4) is 0 Å². The van der Waals surface area contributed by atoms with Gasteiger partial charge in [-0.15, -0.1) is 0 Å². The van der Waals surface area contributed by atoms with E-state index in [0.717, 1.165) is 5.56 Å². The highest BCUT2D eigenvalue weighted by molar-refractivity contribution is 5.68. The molecule has 0 spiro atoms. The van der Waals surface area contributed by atoms with Gasteiger partial charge in [0, 0.05) is 0 Å². The van der Waals surface area contributed by atoms with Crippen molar-refractivity contribution in [1.82, 2.24) is 5.32 Å². The third kappa shape index (κ3) is 6.06. The van der Waals surface area contributed by atoms with E-state index >= 15 is 0 Å². The standard InChI is InChI=1S/C16H25NO3/c1-15(2,3)20-14(18)17-13(16(4,5)19)11-12-9-7-6-8-10-12/h6-10,13,19H,11H2,1-5H3,(H,17,18)/t13-/m0/s1. The van der Waals surface area contributed by atoms with Crippen molar-refractivity contribution >= 4 is 6.09 Å². The molecular weight excluding hydrogens is 254 g/mol. The molecule has 0 aromatic heterocycles. The Morgan fingerprint density at radius 2 is 1.75 bits per heavy atom. The fourth-order valence-electron chi connectivity index (χ4n) is 1.78. The Morgan fingerprint density at radius 1 is 1.20 bits per heavy atom. The average molecular weight is 279 g/mol. The monoisotopic (exact) mass is 279 g/mol. The first-order chi connectivity index (χ1) is 9.08. The molecule has 0 saturated carbocycles. The van der Waals surface area contributed by atoms with Crippen LogP contribution in [0.25, 0.3) is 0 Å². The second-order valence-electron chi connectivity index (χ2n) is 6.54. The molecule has 0 radical (unpaired) electrons. The molecule has 1 aromatic carbocycles. The largest absolute Gasteiger partial charge is 0.444 e. The molecule has 0 fully saturated rings. The number of hydrogen-bond donors (Lipinski definition) is 2. The summed E-state index contributed by atoms with van der Waals surface area (Å²) < 4.78 is 5.24. The van der Waals surface area contributed by atoms with Crippen molar-refractivity contribution in [1.29, 1.82) is 0 Å². The number of benzene rings is 1. The second-order valence-corrected chi connectivity index (χ2v) is 6.54. The van der Waals surface area contributed by atoms with Crippen LogP contribution in [0.4, 0.5) is 4.79 Å². The summed E-state index contributed by atoms with van der Waals surface area (Å²) in [4.78, 5) is 11.9. The van der Waals surface area contributed by atoms with E-state index in [1.807, 2.05) is 51.1 Å². The number of aliphatic hydroxyl groups is 1. The highest BCUT2D eigenvalue weighted by Crippen LogP contribution is 2.16. The first kappa shape index (κ1) is 16.5. The van der Waals surface area contributed by atoms with E-state index in [4.69, 9.17) is 4.74 Å². The van der Waals surface area contributed by atoms with E-state index in [0.29, 0.717) is 6.42 Å². The Balaban J connectivity index is 2.74. The number of carbonyl (C=O) groups excluding carboxylic acids is 1. The molecule has 1 amide bonds. The number of rotatable bonds is 4. The van der Waals surface area contributed by atoms with Gasteiger partial charge in [-0.1, -0.05) is 30.3 Å². The molecule has 20 heavy (non-hydrogen) atoms. The predicted molar refractivity (Wildman–Crippen MR) is 79.6 cm³/mol. The Hall–Kier alpha value is -1.55. The number of hydrogen-bond acceptors (Lipinski definition) is 3. The fourth-order valence-corrected chi connectivity index (χ4v) is 1.78. The quantitative estimate of drug-likeness (QED) is 0.891. The zero-order valence-corrected chi connectivity index (χ0v) is 12.9. The van der Waals surface area contributed by atoms with Crippen molar-refractivity contribution in [2.45, 2.75) is 58.3 Å². The van der Waals surface area contributed by atoms with Gasteiger partial charge in [0.2, 0.25) is 0 Å². The highest BCUT2D eigenvalue weighted by atomic mass is 16.6. The molecule has 2 N–H and O–H groups in total. The molecule has 112 valence electrons.